The Hall–Kier alpha value is -1.75. The highest BCUT2D eigenvalue weighted by atomic mass is 16.4. The van der Waals surface area contributed by atoms with Crippen molar-refractivity contribution in [3.8, 4) is 0 Å². The van der Waals surface area contributed by atoms with Crippen LogP contribution in [-0.2, 0) is 6.54 Å². The molecule has 0 bridgehead atoms. The second-order valence-electron chi connectivity index (χ2n) is 4.74. The van der Waals surface area contributed by atoms with Crippen LogP contribution >= 0.6 is 0 Å². The van der Waals surface area contributed by atoms with Crippen LogP contribution in [0.1, 0.15) is 18.4 Å². The molecule has 4 N–H and O–H groups in total. The largest absolute Gasteiger partial charge is 0.465 e. The minimum absolute atomic E-state index is 0.102. The van der Waals surface area contributed by atoms with Gasteiger partial charge in [-0.3, -0.25) is 4.90 Å². The Balaban J connectivity index is 1.79. The van der Waals surface area contributed by atoms with Gasteiger partial charge in [-0.1, -0.05) is 12.1 Å². The second-order valence-corrected chi connectivity index (χ2v) is 4.74. The number of carboxylic acid groups (broad SMARTS) is 1. The van der Waals surface area contributed by atoms with Gasteiger partial charge in [0.25, 0.3) is 0 Å². The predicted octanol–water partition coefficient (Wildman–Crippen LogP) is 1.50. The third kappa shape index (κ3) is 3.63. The number of hydrogen-bond donors (Lipinski definition) is 3. The van der Waals surface area contributed by atoms with E-state index in [0.717, 1.165) is 38.2 Å². The minimum atomic E-state index is -0.924. The van der Waals surface area contributed by atoms with Gasteiger partial charge in [0.2, 0.25) is 0 Å². The maximum absolute atomic E-state index is 10.5. The molecule has 5 nitrogen and oxygen atoms in total. The molecule has 0 radical (unpaired) electrons. The van der Waals surface area contributed by atoms with Crippen molar-refractivity contribution in [2.75, 3.05) is 18.8 Å². The van der Waals surface area contributed by atoms with Crippen LogP contribution in [-0.4, -0.2) is 35.2 Å². The van der Waals surface area contributed by atoms with Crippen molar-refractivity contribution in [2.24, 2.45) is 0 Å². The number of benzene rings is 1. The first-order valence-corrected chi connectivity index (χ1v) is 6.20. The molecule has 0 saturated carbocycles. The number of piperidine rings is 1. The van der Waals surface area contributed by atoms with E-state index < -0.39 is 6.09 Å². The first kappa shape index (κ1) is 12.7. The molecule has 1 amide bonds. The van der Waals surface area contributed by atoms with E-state index in [-0.39, 0.29) is 6.04 Å². The number of amides is 1. The zero-order chi connectivity index (χ0) is 13.0. The van der Waals surface area contributed by atoms with E-state index in [4.69, 9.17) is 10.8 Å². The first-order chi connectivity index (χ1) is 8.63. The van der Waals surface area contributed by atoms with Crippen LogP contribution in [0.3, 0.4) is 0 Å². The molecule has 18 heavy (non-hydrogen) atoms. The van der Waals surface area contributed by atoms with Crippen LogP contribution in [0.25, 0.3) is 0 Å². The summed E-state index contributed by atoms with van der Waals surface area (Å²) in [5.74, 6) is 0. The fourth-order valence-corrected chi connectivity index (χ4v) is 2.29. The highest BCUT2D eigenvalue weighted by Crippen LogP contribution is 2.14. The average molecular weight is 249 g/mol. The molecule has 0 aliphatic carbocycles. The lowest BCUT2D eigenvalue weighted by Crippen LogP contribution is -2.43. The molecule has 1 fully saturated rings. The van der Waals surface area contributed by atoms with Gasteiger partial charge >= 0.3 is 6.09 Å². The van der Waals surface area contributed by atoms with Crippen LogP contribution in [0.15, 0.2) is 24.3 Å². The van der Waals surface area contributed by atoms with E-state index in [1.807, 2.05) is 24.3 Å². The molecule has 98 valence electrons. The fourth-order valence-electron chi connectivity index (χ4n) is 2.29. The molecule has 0 aromatic heterocycles. The lowest BCUT2D eigenvalue weighted by atomic mass is 10.0. The summed E-state index contributed by atoms with van der Waals surface area (Å²) in [5.41, 5.74) is 7.67. The molecule has 5 heteroatoms. The Bertz CT molecular complexity index is 397. The monoisotopic (exact) mass is 249 g/mol. The predicted molar refractivity (Wildman–Crippen MR) is 70.3 cm³/mol. The summed E-state index contributed by atoms with van der Waals surface area (Å²) >= 11 is 0. The van der Waals surface area contributed by atoms with Crippen molar-refractivity contribution in [3.05, 3.63) is 29.8 Å². The Morgan fingerprint density at radius 2 is 1.94 bits per heavy atom. The van der Waals surface area contributed by atoms with Crippen molar-refractivity contribution >= 4 is 11.8 Å². The van der Waals surface area contributed by atoms with Crippen molar-refractivity contribution < 1.29 is 9.90 Å². The van der Waals surface area contributed by atoms with E-state index >= 15 is 0 Å². The van der Waals surface area contributed by atoms with E-state index in [1.165, 1.54) is 5.56 Å². The minimum Gasteiger partial charge on any atom is -0.465 e. The van der Waals surface area contributed by atoms with Gasteiger partial charge in [-0.2, -0.15) is 0 Å². The maximum atomic E-state index is 10.5. The molecule has 0 atom stereocenters. The number of nitrogens with two attached hydrogens (primary N) is 1. The zero-order valence-corrected chi connectivity index (χ0v) is 10.3. The summed E-state index contributed by atoms with van der Waals surface area (Å²) in [6, 6.07) is 8.00. The number of nitrogen functional groups attached to an aromatic ring is 1. The first-order valence-electron chi connectivity index (χ1n) is 6.20. The van der Waals surface area contributed by atoms with Gasteiger partial charge in [-0.25, -0.2) is 4.79 Å². The fraction of sp³-hybridized carbons (Fsp3) is 0.462. The number of hydrogen-bond acceptors (Lipinski definition) is 3. The Morgan fingerprint density at radius 3 is 2.50 bits per heavy atom. The summed E-state index contributed by atoms with van der Waals surface area (Å²) in [6.07, 6.45) is 0.828. The zero-order valence-electron chi connectivity index (χ0n) is 10.3. The van der Waals surface area contributed by atoms with Gasteiger partial charge in [-0.15, -0.1) is 0 Å². The van der Waals surface area contributed by atoms with Gasteiger partial charge in [0.05, 0.1) is 0 Å². The van der Waals surface area contributed by atoms with Gasteiger partial charge in [-0.05, 0) is 30.5 Å². The number of rotatable bonds is 3. The highest BCUT2D eigenvalue weighted by Gasteiger charge is 2.20. The van der Waals surface area contributed by atoms with E-state index in [1.54, 1.807) is 0 Å². The molecular weight excluding hydrogens is 230 g/mol. The van der Waals surface area contributed by atoms with Crippen LogP contribution in [0.4, 0.5) is 10.5 Å². The van der Waals surface area contributed by atoms with Crippen LogP contribution in [0, 0.1) is 0 Å². The molecule has 1 aromatic carbocycles. The Labute approximate surface area is 107 Å². The Morgan fingerprint density at radius 1 is 1.33 bits per heavy atom. The topological polar surface area (TPSA) is 78.6 Å². The SMILES string of the molecule is Nc1ccc(CN2CCC(NC(=O)O)CC2)cc1. The van der Waals surface area contributed by atoms with Crippen molar-refractivity contribution in [2.45, 2.75) is 25.4 Å². The van der Waals surface area contributed by atoms with Crippen LogP contribution in [0.2, 0.25) is 0 Å². The van der Waals surface area contributed by atoms with Gasteiger partial charge in [0.15, 0.2) is 0 Å². The van der Waals surface area contributed by atoms with Crippen molar-refractivity contribution in [1.29, 1.82) is 0 Å². The molecule has 1 saturated heterocycles. The number of likely N-dealkylation sites (tertiary alicyclic amines) is 1. The standard InChI is InChI=1S/C13H19N3O2/c14-11-3-1-10(2-4-11)9-16-7-5-12(6-8-16)15-13(17)18/h1-4,12,15H,5-9,14H2,(H,17,18). The summed E-state index contributed by atoms with van der Waals surface area (Å²) in [7, 11) is 0. The number of nitrogens with zero attached hydrogens (tertiary/aromatic N) is 1. The molecule has 1 aromatic rings. The lowest BCUT2D eigenvalue weighted by Gasteiger charge is -2.31. The quantitative estimate of drug-likeness (QED) is 0.709. The van der Waals surface area contributed by atoms with Gasteiger partial charge in [0, 0.05) is 31.4 Å². The second kappa shape index (κ2) is 5.73. The third-order valence-corrected chi connectivity index (χ3v) is 3.30. The van der Waals surface area contributed by atoms with E-state index in [9.17, 15) is 4.79 Å². The normalized spacial score (nSPS) is 17.6. The third-order valence-electron chi connectivity index (χ3n) is 3.30. The molecule has 2 rings (SSSR count). The van der Waals surface area contributed by atoms with E-state index in [0.29, 0.717) is 0 Å². The van der Waals surface area contributed by atoms with Crippen LogP contribution < -0.4 is 11.1 Å². The van der Waals surface area contributed by atoms with Gasteiger partial charge in [0.1, 0.15) is 0 Å². The maximum Gasteiger partial charge on any atom is 0.404 e. The summed E-state index contributed by atoms with van der Waals surface area (Å²) in [5, 5.41) is 11.2. The number of nitrogens with one attached hydrogen (secondary N) is 1. The number of anilines is 1. The molecule has 0 spiro atoms. The summed E-state index contributed by atoms with van der Waals surface area (Å²) < 4.78 is 0. The number of carbonyl (C=O) groups is 1. The van der Waals surface area contributed by atoms with Crippen LogP contribution in [0.5, 0.6) is 0 Å². The molecule has 1 heterocycles. The van der Waals surface area contributed by atoms with Crippen molar-refractivity contribution in [3.63, 3.8) is 0 Å². The Kier molecular flexibility index (Phi) is 4.04. The average Bonchev–Trinajstić information content (AvgIpc) is 2.34. The highest BCUT2D eigenvalue weighted by molar-refractivity contribution is 5.64. The molecular formula is C13H19N3O2. The molecule has 1 aliphatic rings. The summed E-state index contributed by atoms with van der Waals surface area (Å²) in [4.78, 5) is 12.9. The lowest BCUT2D eigenvalue weighted by molar-refractivity contribution is 0.165. The van der Waals surface area contributed by atoms with E-state index in [2.05, 4.69) is 10.2 Å². The van der Waals surface area contributed by atoms with Crippen molar-refractivity contribution in [1.82, 2.24) is 10.2 Å². The summed E-state index contributed by atoms with van der Waals surface area (Å²) in [6.45, 7) is 2.75. The smallest absolute Gasteiger partial charge is 0.404 e. The molecule has 0 unspecified atom stereocenters. The van der Waals surface area contributed by atoms with Gasteiger partial charge < -0.3 is 16.2 Å². The molecule has 1 aliphatic heterocycles.